The maximum Gasteiger partial charge on any atom is 0.253 e. The summed E-state index contributed by atoms with van der Waals surface area (Å²) < 4.78 is 7.02. The summed E-state index contributed by atoms with van der Waals surface area (Å²) in [6, 6.07) is 7.33. The van der Waals surface area contributed by atoms with E-state index in [1.165, 1.54) is 0 Å². The van der Waals surface area contributed by atoms with Gasteiger partial charge in [0.05, 0.1) is 0 Å². The smallest absolute Gasteiger partial charge is 0.253 e. The van der Waals surface area contributed by atoms with Gasteiger partial charge in [0.15, 0.2) is 5.82 Å². The fourth-order valence-corrected chi connectivity index (χ4v) is 2.56. The molecule has 3 aromatic rings. The Balaban J connectivity index is 1.36. The van der Waals surface area contributed by atoms with Crippen molar-refractivity contribution in [3.05, 3.63) is 54.2 Å². The predicted octanol–water partition coefficient (Wildman–Crippen LogP) is 1.84. The van der Waals surface area contributed by atoms with Crippen LogP contribution in [0.4, 0.5) is 0 Å². The molecule has 8 nitrogen and oxygen atoms in total. The standard InChI is InChI=1S/C17H18N6O2/c1-22(9-8-15-20-16(25-21-15)12-2-3-12)17(24)13-4-6-14(7-5-13)23-10-18-19-11-23/h4-7,10-12H,2-3,8-9H2,1H3. The summed E-state index contributed by atoms with van der Waals surface area (Å²) >= 11 is 0. The summed E-state index contributed by atoms with van der Waals surface area (Å²) in [6.45, 7) is 0.537. The topological polar surface area (TPSA) is 89.9 Å². The van der Waals surface area contributed by atoms with Gasteiger partial charge in [-0.15, -0.1) is 10.2 Å². The third kappa shape index (κ3) is 3.42. The summed E-state index contributed by atoms with van der Waals surface area (Å²) in [5, 5.41) is 11.5. The summed E-state index contributed by atoms with van der Waals surface area (Å²) in [7, 11) is 1.78. The van der Waals surface area contributed by atoms with Crippen LogP contribution in [-0.2, 0) is 6.42 Å². The van der Waals surface area contributed by atoms with Gasteiger partial charge in [-0.2, -0.15) is 4.98 Å². The van der Waals surface area contributed by atoms with E-state index in [-0.39, 0.29) is 5.91 Å². The van der Waals surface area contributed by atoms with Gasteiger partial charge in [-0.25, -0.2) is 0 Å². The van der Waals surface area contributed by atoms with E-state index in [2.05, 4.69) is 20.3 Å². The Kier molecular flexibility index (Phi) is 4.01. The number of nitrogens with zero attached hydrogens (tertiary/aromatic N) is 6. The molecule has 2 heterocycles. The largest absolute Gasteiger partial charge is 0.341 e. The average Bonchev–Trinajstić information content (AvgIpc) is 3.15. The van der Waals surface area contributed by atoms with Crippen molar-refractivity contribution in [3.8, 4) is 5.69 Å². The Labute approximate surface area is 144 Å². The maximum atomic E-state index is 12.5. The third-order valence-corrected chi connectivity index (χ3v) is 4.26. The number of rotatable bonds is 6. The van der Waals surface area contributed by atoms with Crippen molar-refractivity contribution in [1.29, 1.82) is 0 Å². The lowest BCUT2D eigenvalue weighted by atomic mass is 10.2. The number of likely N-dealkylation sites (N-methyl/N-ethyl adjacent to an activating group) is 1. The van der Waals surface area contributed by atoms with Gasteiger partial charge < -0.3 is 9.42 Å². The highest BCUT2D eigenvalue weighted by Crippen LogP contribution is 2.38. The van der Waals surface area contributed by atoms with E-state index in [0.717, 1.165) is 24.4 Å². The molecular formula is C17H18N6O2. The molecule has 0 atom stereocenters. The normalized spacial score (nSPS) is 13.8. The Morgan fingerprint density at radius 3 is 2.64 bits per heavy atom. The predicted molar refractivity (Wildman–Crippen MR) is 88.3 cm³/mol. The van der Waals surface area contributed by atoms with E-state index in [1.807, 2.05) is 12.1 Å². The summed E-state index contributed by atoms with van der Waals surface area (Å²) in [5.41, 5.74) is 1.54. The molecular weight excluding hydrogens is 320 g/mol. The summed E-state index contributed by atoms with van der Waals surface area (Å²) in [4.78, 5) is 18.6. The van der Waals surface area contributed by atoms with Crippen molar-refractivity contribution in [2.75, 3.05) is 13.6 Å². The molecule has 25 heavy (non-hydrogen) atoms. The molecule has 1 amide bonds. The number of benzene rings is 1. The second-order valence-electron chi connectivity index (χ2n) is 6.22. The quantitative estimate of drug-likeness (QED) is 0.681. The lowest BCUT2D eigenvalue weighted by Gasteiger charge is -2.16. The first kappa shape index (κ1) is 15.5. The van der Waals surface area contributed by atoms with Crippen molar-refractivity contribution >= 4 is 5.91 Å². The molecule has 0 radical (unpaired) electrons. The van der Waals surface area contributed by atoms with Crippen LogP contribution in [0.1, 0.15) is 40.8 Å². The minimum atomic E-state index is -0.0405. The van der Waals surface area contributed by atoms with Gasteiger partial charge in [-0.1, -0.05) is 5.16 Å². The molecule has 1 aliphatic carbocycles. The number of aromatic nitrogens is 5. The van der Waals surface area contributed by atoms with Gasteiger partial charge in [0.1, 0.15) is 12.7 Å². The monoisotopic (exact) mass is 338 g/mol. The second kappa shape index (κ2) is 6.46. The van der Waals surface area contributed by atoms with E-state index in [0.29, 0.717) is 30.3 Å². The highest BCUT2D eigenvalue weighted by Gasteiger charge is 2.29. The zero-order chi connectivity index (χ0) is 17.2. The van der Waals surface area contributed by atoms with Crippen molar-refractivity contribution in [2.24, 2.45) is 0 Å². The van der Waals surface area contributed by atoms with Crippen LogP contribution in [0.2, 0.25) is 0 Å². The van der Waals surface area contributed by atoms with E-state index in [4.69, 9.17) is 4.52 Å². The first-order valence-electron chi connectivity index (χ1n) is 8.24. The van der Waals surface area contributed by atoms with Gasteiger partial charge in [0.25, 0.3) is 5.91 Å². The fourth-order valence-electron chi connectivity index (χ4n) is 2.56. The Morgan fingerprint density at radius 2 is 1.96 bits per heavy atom. The van der Waals surface area contributed by atoms with Crippen LogP contribution in [0, 0.1) is 0 Å². The van der Waals surface area contributed by atoms with Crippen LogP contribution in [0.15, 0.2) is 41.4 Å². The summed E-state index contributed by atoms with van der Waals surface area (Å²) in [6.07, 6.45) is 6.07. The molecule has 0 N–H and O–H groups in total. The molecule has 0 aliphatic heterocycles. The van der Waals surface area contributed by atoms with Gasteiger partial charge >= 0.3 is 0 Å². The molecule has 0 unspecified atom stereocenters. The molecule has 0 bridgehead atoms. The van der Waals surface area contributed by atoms with Crippen molar-refractivity contribution in [2.45, 2.75) is 25.2 Å². The van der Waals surface area contributed by atoms with Crippen LogP contribution < -0.4 is 0 Å². The molecule has 0 spiro atoms. The average molecular weight is 338 g/mol. The van der Waals surface area contributed by atoms with E-state index < -0.39 is 0 Å². The number of amides is 1. The van der Waals surface area contributed by atoms with Crippen molar-refractivity contribution in [1.82, 2.24) is 29.8 Å². The number of hydrogen-bond acceptors (Lipinski definition) is 6. The SMILES string of the molecule is CN(CCc1noc(C2CC2)n1)C(=O)c1ccc(-n2cnnc2)cc1. The molecule has 128 valence electrons. The number of hydrogen-bond donors (Lipinski definition) is 0. The number of carbonyl (C=O) groups excluding carboxylic acids is 1. The zero-order valence-electron chi connectivity index (χ0n) is 13.9. The Hall–Kier alpha value is -3.03. The third-order valence-electron chi connectivity index (χ3n) is 4.26. The van der Waals surface area contributed by atoms with Crippen LogP contribution in [0.5, 0.6) is 0 Å². The Bertz CT molecular complexity index is 852. The van der Waals surface area contributed by atoms with E-state index >= 15 is 0 Å². The minimum absolute atomic E-state index is 0.0405. The molecule has 1 saturated carbocycles. The highest BCUT2D eigenvalue weighted by atomic mass is 16.5. The zero-order valence-corrected chi connectivity index (χ0v) is 13.9. The molecule has 0 saturated heterocycles. The van der Waals surface area contributed by atoms with Gasteiger partial charge in [-0.05, 0) is 37.1 Å². The Morgan fingerprint density at radius 1 is 1.24 bits per heavy atom. The van der Waals surface area contributed by atoms with Crippen LogP contribution >= 0.6 is 0 Å². The molecule has 1 fully saturated rings. The first-order valence-corrected chi connectivity index (χ1v) is 8.24. The maximum absolute atomic E-state index is 12.5. The lowest BCUT2D eigenvalue weighted by molar-refractivity contribution is 0.0796. The number of carbonyl (C=O) groups is 1. The van der Waals surface area contributed by atoms with Crippen LogP contribution in [0.25, 0.3) is 5.69 Å². The van der Waals surface area contributed by atoms with Crippen LogP contribution in [0.3, 0.4) is 0 Å². The molecule has 1 aliphatic rings. The van der Waals surface area contributed by atoms with Crippen molar-refractivity contribution in [3.63, 3.8) is 0 Å². The molecule has 1 aromatic carbocycles. The van der Waals surface area contributed by atoms with Gasteiger partial charge in [-0.3, -0.25) is 9.36 Å². The fraction of sp³-hybridized carbons (Fsp3) is 0.353. The second-order valence-corrected chi connectivity index (χ2v) is 6.22. The van der Waals surface area contributed by atoms with E-state index in [1.54, 1.807) is 41.3 Å². The van der Waals surface area contributed by atoms with Gasteiger partial charge in [0, 0.05) is 37.2 Å². The highest BCUT2D eigenvalue weighted by molar-refractivity contribution is 5.94. The van der Waals surface area contributed by atoms with Crippen LogP contribution in [-0.4, -0.2) is 49.3 Å². The van der Waals surface area contributed by atoms with Gasteiger partial charge in [0.2, 0.25) is 5.89 Å². The summed E-state index contributed by atoms with van der Waals surface area (Å²) in [5.74, 6) is 1.80. The molecule has 2 aromatic heterocycles. The molecule has 4 rings (SSSR count). The lowest BCUT2D eigenvalue weighted by Crippen LogP contribution is -2.29. The first-order chi connectivity index (χ1) is 12.2. The minimum Gasteiger partial charge on any atom is -0.341 e. The van der Waals surface area contributed by atoms with E-state index in [9.17, 15) is 4.79 Å². The van der Waals surface area contributed by atoms with Crippen molar-refractivity contribution < 1.29 is 9.32 Å². The molecule has 8 heteroatoms.